The summed E-state index contributed by atoms with van der Waals surface area (Å²) in [5, 5.41) is 8.16. The van der Waals surface area contributed by atoms with Crippen LogP contribution in [0, 0.1) is 5.92 Å². The van der Waals surface area contributed by atoms with Crippen molar-refractivity contribution in [1.82, 2.24) is 5.32 Å². The van der Waals surface area contributed by atoms with Gasteiger partial charge in [-0.05, 0) is 22.9 Å². The first-order valence-corrected chi connectivity index (χ1v) is 8.27. The maximum absolute atomic E-state index is 3.72. The van der Waals surface area contributed by atoms with Crippen LogP contribution in [0.15, 0.2) is 47.2 Å². The Morgan fingerprint density at radius 2 is 2.00 bits per heavy atom. The van der Waals surface area contributed by atoms with Crippen LogP contribution in [-0.4, -0.2) is 19.1 Å². The fourth-order valence-corrected chi connectivity index (χ4v) is 3.64. The lowest BCUT2D eigenvalue weighted by Gasteiger charge is -2.43. The molecule has 1 N–H and O–H groups in total. The molecule has 1 aromatic carbocycles. The SMILES string of the molecule is CC(C)C1CNC(c2ccccc2)CN1c1ccsc1. The number of hydrogen-bond acceptors (Lipinski definition) is 3. The molecule has 0 saturated carbocycles. The van der Waals surface area contributed by atoms with Gasteiger partial charge in [-0.3, -0.25) is 0 Å². The van der Waals surface area contributed by atoms with Crippen LogP contribution in [0.4, 0.5) is 5.69 Å². The first kappa shape index (κ1) is 13.7. The molecular formula is C17H22N2S. The number of benzene rings is 1. The fourth-order valence-electron chi connectivity index (χ4n) is 2.99. The van der Waals surface area contributed by atoms with Crippen LogP contribution < -0.4 is 10.2 Å². The Kier molecular flexibility index (Phi) is 4.08. The highest BCUT2D eigenvalue weighted by atomic mass is 32.1. The number of thiophene rings is 1. The van der Waals surface area contributed by atoms with Crippen molar-refractivity contribution in [2.24, 2.45) is 5.92 Å². The smallest absolute Gasteiger partial charge is 0.0499 e. The van der Waals surface area contributed by atoms with Crippen molar-refractivity contribution in [3.8, 4) is 0 Å². The summed E-state index contributed by atoms with van der Waals surface area (Å²) in [6.45, 7) is 6.72. The van der Waals surface area contributed by atoms with Gasteiger partial charge in [0.15, 0.2) is 0 Å². The molecule has 0 aliphatic carbocycles. The van der Waals surface area contributed by atoms with Crippen molar-refractivity contribution >= 4 is 17.0 Å². The third kappa shape index (κ3) is 2.74. The number of nitrogens with zero attached hydrogens (tertiary/aromatic N) is 1. The average Bonchev–Trinajstić information content (AvgIpc) is 3.01. The Morgan fingerprint density at radius 1 is 1.20 bits per heavy atom. The molecule has 1 saturated heterocycles. The van der Waals surface area contributed by atoms with Gasteiger partial charge in [0.05, 0.1) is 0 Å². The fraction of sp³-hybridized carbons (Fsp3) is 0.412. The molecule has 0 spiro atoms. The Balaban J connectivity index is 1.83. The lowest BCUT2D eigenvalue weighted by molar-refractivity contribution is 0.342. The van der Waals surface area contributed by atoms with E-state index in [0.717, 1.165) is 13.1 Å². The Bertz CT molecular complexity index is 521. The molecule has 1 aliphatic rings. The molecule has 2 heterocycles. The molecular weight excluding hydrogens is 264 g/mol. The zero-order valence-electron chi connectivity index (χ0n) is 12.1. The largest absolute Gasteiger partial charge is 0.364 e. The van der Waals surface area contributed by atoms with E-state index in [1.54, 1.807) is 11.3 Å². The minimum atomic E-state index is 0.422. The van der Waals surface area contributed by atoms with Crippen molar-refractivity contribution in [3.63, 3.8) is 0 Å². The quantitative estimate of drug-likeness (QED) is 0.920. The summed E-state index contributed by atoms with van der Waals surface area (Å²) in [5.41, 5.74) is 2.76. The van der Waals surface area contributed by atoms with Gasteiger partial charge in [-0.25, -0.2) is 0 Å². The maximum atomic E-state index is 3.72. The summed E-state index contributed by atoms with van der Waals surface area (Å²) in [6.07, 6.45) is 0. The lowest BCUT2D eigenvalue weighted by Crippen LogP contribution is -2.55. The first-order valence-electron chi connectivity index (χ1n) is 7.33. The highest BCUT2D eigenvalue weighted by molar-refractivity contribution is 7.08. The monoisotopic (exact) mass is 286 g/mol. The maximum Gasteiger partial charge on any atom is 0.0499 e. The highest BCUT2D eigenvalue weighted by Crippen LogP contribution is 2.29. The summed E-state index contributed by atoms with van der Waals surface area (Å²) in [7, 11) is 0. The third-order valence-electron chi connectivity index (χ3n) is 4.16. The lowest BCUT2D eigenvalue weighted by atomic mass is 9.95. The van der Waals surface area contributed by atoms with Crippen LogP contribution in [0.2, 0.25) is 0 Å². The van der Waals surface area contributed by atoms with Crippen LogP contribution in [0.3, 0.4) is 0 Å². The number of hydrogen-bond donors (Lipinski definition) is 1. The molecule has 1 fully saturated rings. The second-order valence-corrected chi connectivity index (χ2v) is 6.60. The van der Waals surface area contributed by atoms with E-state index in [1.807, 2.05) is 0 Å². The van der Waals surface area contributed by atoms with Gasteiger partial charge in [-0.15, -0.1) is 0 Å². The van der Waals surface area contributed by atoms with E-state index in [2.05, 4.69) is 71.2 Å². The molecule has 3 heteroatoms. The van der Waals surface area contributed by atoms with Gasteiger partial charge in [-0.2, -0.15) is 11.3 Å². The van der Waals surface area contributed by atoms with Crippen molar-refractivity contribution in [2.75, 3.05) is 18.0 Å². The number of anilines is 1. The van der Waals surface area contributed by atoms with Gasteiger partial charge in [0, 0.05) is 36.2 Å². The Labute approximate surface area is 125 Å². The van der Waals surface area contributed by atoms with Crippen molar-refractivity contribution in [2.45, 2.75) is 25.9 Å². The molecule has 106 valence electrons. The molecule has 0 bridgehead atoms. The minimum Gasteiger partial charge on any atom is -0.364 e. The predicted octanol–water partition coefficient (Wildman–Crippen LogP) is 3.92. The zero-order chi connectivity index (χ0) is 13.9. The molecule has 20 heavy (non-hydrogen) atoms. The normalized spacial score (nSPS) is 23.2. The molecule has 2 aromatic rings. The Morgan fingerprint density at radius 3 is 2.65 bits per heavy atom. The molecule has 0 radical (unpaired) electrons. The Hall–Kier alpha value is -1.32. The average molecular weight is 286 g/mol. The van der Waals surface area contributed by atoms with Gasteiger partial charge >= 0.3 is 0 Å². The number of rotatable bonds is 3. The van der Waals surface area contributed by atoms with Gasteiger partial charge in [0.25, 0.3) is 0 Å². The van der Waals surface area contributed by atoms with Crippen LogP contribution in [0.1, 0.15) is 25.5 Å². The van der Waals surface area contributed by atoms with E-state index in [1.165, 1.54) is 11.3 Å². The standard InChI is InChI=1S/C17H22N2S/c1-13(2)17-10-18-16(14-6-4-3-5-7-14)11-19(17)15-8-9-20-12-15/h3-9,12-13,16-18H,10-11H2,1-2H3. The summed E-state index contributed by atoms with van der Waals surface area (Å²) < 4.78 is 0. The molecule has 0 amide bonds. The van der Waals surface area contributed by atoms with E-state index in [9.17, 15) is 0 Å². The van der Waals surface area contributed by atoms with Crippen molar-refractivity contribution in [3.05, 3.63) is 52.7 Å². The second-order valence-electron chi connectivity index (χ2n) is 5.82. The summed E-state index contributed by atoms with van der Waals surface area (Å²) in [6, 6.07) is 14.0. The van der Waals surface area contributed by atoms with Gasteiger partial charge in [0.1, 0.15) is 0 Å². The minimum absolute atomic E-state index is 0.422. The number of nitrogens with one attached hydrogen (secondary N) is 1. The molecule has 2 nitrogen and oxygen atoms in total. The molecule has 3 rings (SSSR count). The van der Waals surface area contributed by atoms with E-state index in [0.29, 0.717) is 18.0 Å². The second kappa shape index (κ2) is 5.98. The van der Waals surface area contributed by atoms with Crippen LogP contribution in [0.5, 0.6) is 0 Å². The van der Waals surface area contributed by atoms with Crippen molar-refractivity contribution in [1.29, 1.82) is 0 Å². The van der Waals surface area contributed by atoms with Crippen LogP contribution >= 0.6 is 11.3 Å². The molecule has 2 unspecified atom stereocenters. The predicted molar refractivity (Wildman–Crippen MR) is 87.5 cm³/mol. The first-order chi connectivity index (χ1) is 9.75. The van der Waals surface area contributed by atoms with E-state index >= 15 is 0 Å². The number of piperazine rings is 1. The van der Waals surface area contributed by atoms with Gasteiger partial charge in [0.2, 0.25) is 0 Å². The van der Waals surface area contributed by atoms with E-state index < -0.39 is 0 Å². The summed E-state index contributed by atoms with van der Waals surface area (Å²) in [5.74, 6) is 0.652. The van der Waals surface area contributed by atoms with Crippen LogP contribution in [0.25, 0.3) is 0 Å². The zero-order valence-corrected chi connectivity index (χ0v) is 12.9. The summed E-state index contributed by atoms with van der Waals surface area (Å²) in [4.78, 5) is 2.58. The molecule has 1 aliphatic heterocycles. The van der Waals surface area contributed by atoms with Crippen molar-refractivity contribution < 1.29 is 0 Å². The van der Waals surface area contributed by atoms with E-state index in [4.69, 9.17) is 0 Å². The van der Waals surface area contributed by atoms with Gasteiger partial charge in [-0.1, -0.05) is 44.2 Å². The topological polar surface area (TPSA) is 15.3 Å². The molecule has 2 atom stereocenters. The van der Waals surface area contributed by atoms with Gasteiger partial charge < -0.3 is 10.2 Å². The third-order valence-corrected chi connectivity index (χ3v) is 4.83. The van der Waals surface area contributed by atoms with Crippen LogP contribution in [-0.2, 0) is 0 Å². The summed E-state index contributed by atoms with van der Waals surface area (Å²) >= 11 is 1.78. The highest BCUT2D eigenvalue weighted by Gasteiger charge is 2.30. The molecule has 1 aromatic heterocycles. The van der Waals surface area contributed by atoms with E-state index in [-0.39, 0.29) is 0 Å².